The fourth-order valence-corrected chi connectivity index (χ4v) is 14.3. The Kier molecular flexibility index (Phi) is 18.9. The lowest BCUT2D eigenvalue weighted by Crippen LogP contribution is -2.59. The number of benzene rings is 4. The van der Waals surface area contributed by atoms with Gasteiger partial charge in [-0.1, -0.05) is 24.3 Å². The Morgan fingerprint density at radius 1 is 0.543 bits per heavy atom. The highest BCUT2D eigenvalue weighted by Crippen LogP contribution is 2.55. The van der Waals surface area contributed by atoms with Crippen LogP contribution in [-0.2, 0) is 60.3 Å². The second-order valence-electron chi connectivity index (χ2n) is 24.2. The molecule has 4 heterocycles. The Balaban J connectivity index is 0.000000188. The number of ketones is 6. The predicted octanol–water partition coefficient (Wildman–Crippen LogP) is 0.695. The largest absolute Gasteiger partial charge is 0.507 e. The molecule has 92 heavy (non-hydrogen) atoms. The van der Waals surface area contributed by atoms with Crippen LogP contribution in [0.3, 0.4) is 0 Å². The van der Waals surface area contributed by atoms with Gasteiger partial charge in [-0.15, -0.1) is 0 Å². The number of morpholine rings is 2. The standard InChI is InChI=1S/2C32H37NO13/c2*1-14-27(36)17(33-7-8-44-22(12-33)43-3)9-21(45-14)46-19-11-32(41,20(35)13-34)10-16-24(19)31(40)26-25(29(16)38)28(37)15-5-4-6-18(42-2)23(15)30(26)39/h2*4-6,14,17,19,21-22,27,34,36,38,40-41H,7-13H2,1-3H3/t2*14-,17-,19-,21-,22-,27+,32-/m00/s1. The highest BCUT2D eigenvalue weighted by Gasteiger charge is 2.54. The van der Waals surface area contributed by atoms with Crippen molar-refractivity contribution in [1.82, 2.24) is 9.80 Å². The SMILES string of the molecule is COc1cccc2c1C(=O)c1c(O)c3c(c(O)c1C2=O)C[C@@](O)(C(=O)CO)C[C@@H]3O[C@H]1C[C@H](N2CCO[C@H](OC)C2)[C@H](O)[C@H](C)O1.COc1cccc2c1C(=O)c1c(O)c3c(c(O)c1C2=O)C[C@@](O)(C(=O)CO)C[C@@H]3O[C@H]1C[C@H](N2CCO[C@H](OC)C2)[C@H](O)[C@H](C)O1. The zero-order valence-corrected chi connectivity index (χ0v) is 51.2. The van der Waals surface area contributed by atoms with E-state index >= 15 is 0 Å². The van der Waals surface area contributed by atoms with Gasteiger partial charge < -0.3 is 98.4 Å². The number of phenols is 4. The third kappa shape index (κ3) is 11.4. The fraction of sp³-hybridized carbons (Fsp3) is 0.531. The first-order chi connectivity index (χ1) is 43.9. The zero-order chi connectivity index (χ0) is 66.2. The van der Waals surface area contributed by atoms with Gasteiger partial charge in [0.1, 0.15) is 58.9 Å². The van der Waals surface area contributed by atoms with Crippen molar-refractivity contribution in [2.45, 2.75) is 137 Å². The minimum absolute atomic E-state index is 0.0511. The second-order valence-corrected chi connectivity index (χ2v) is 24.2. The molecule has 4 aromatic rings. The number of hydrogen-bond acceptors (Lipinski definition) is 28. The highest BCUT2D eigenvalue weighted by molar-refractivity contribution is 6.32. The Morgan fingerprint density at radius 2 is 0.913 bits per heavy atom. The number of ether oxygens (including phenoxy) is 10. The van der Waals surface area contributed by atoms with E-state index in [4.69, 9.17) is 47.4 Å². The molecule has 496 valence electrons. The lowest BCUT2D eigenvalue weighted by atomic mass is 9.72. The van der Waals surface area contributed by atoms with Gasteiger partial charge in [0.05, 0.1) is 97.4 Å². The van der Waals surface area contributed by atoms with Gasteiger partial charge in [-0.05, 0) is 26.0 Å². The molecule has 0 aromatic heterocycles. The van der Waals surface area contributed by atoms with Crippen LogP contribution in [0.2, 0.25) is 0 Å². The van der Waals surface area contributed by atoms with Crippen molar-refractivity contribution in [2.75, 3.05) is 81.0 Å². The summed E-state index contributed by atoms with van der Waals surface area (Å²) in [6.07, 6.45) is -10.9. The summed E-state index contributed by atoms with van der Waals surface area (Å²) in [7, 11) is 5.70. The third-order valence-electron chi connectivity index (χ3n) is 19.1. The first-order valence-electron chi connectivity index (χ1n) is 30.1. The maximum absolute atomic E-state index is 13.9. The van der Waals surface area contributed by atoms with Gasteiger partial charge in [-0.2, -0.15) is 0 Å². The van der Waals surface area contributed by atoms with Crippen LogP contribution in [0.1, 0.15) is 138 Å². The average Bonchev–Trinajstić information content (AvgIpc) is 0.718. The van der Waals surface area contributed by atoms with E-state index in [1.165, 1.54) is 64.8 Å². The molecule has 0 bridgehead atoms. The molecule has 28 nitrogen and oxygen atoms in total. The summed E-state index contributed by atoms with van der Waals surface area (Å²) in [6, 6.07) is 7.85. The molecule has 12 rings (SSSR count). The Hall–Kier alpha value is -6.94. The second kappa shape index (κ2) is 26.1. The zero-order valence-electron chi connectivity index (χ0n) is 51.2. The summed E-state index contributed by atoms with van der Waals surface area (Å²) < 4.78 is 57.1. The first kappa shape index (κ1) is 66.5. The topological polar surface area (TPSA) is 404 Å². The molecule has 4 saturated heterocycles. The number of nitrogens with zero attached hydrogens (tertiary/aromatic N) is 2. The molecule has 0 amide bonds. The highest BCUT2D eigenvalue weighted by atomic mass is 16.7. The van der Waals surface area contributed by atoms with Crippen LogP contribution >= 0.6 is 0 Å². The summed E-state index contributed by atoms with van der Waals surface area (Å²) in [5, 5.41) is 111. The molecular weight excluding hydrogens is 1210 g/mol. The number of aliphatic hydroxyl groups excluding tert-OH is 4. The van der Waals surface area contributed by atoms with Gasteiger partial charge in [0.25, 0.3) is 0 Å². The van der Waals surface area contributed by atoms with E-state index < -0.39 is 204 Å². The summed E-state index contributed by atoms with van der Waals surface area (Å²) in [5.41, 5.74) is -7.24. The van der Waals surface area contributed by atoms with Gasteiger partial charge in [0, 0.05) is 124 Å². The van der Waals surface area contributed by atoms with Crippen molar-refractivity contribution in [3.8, 4) is 34.5 Å². The summed E-state index contributed by atoms with van der Waals surface area (Å²) >= 11 is 0. The molecule has 4 aliphatic heterocycles. The molecule has 4 fully saturated rings. The molecule has 0 spiro atoms. The van der Waals surface area contributed by atoms with Gasteiger partial charge in [-0.3, -0.25) is 38.6 Å². The molecule has 14 atom stereocenters. The van der Waals surface area contributed by atoms with Gasteiger partial charge >= 0.3 is 0 Å². The molecule has 8 aliphatic rings. The number of aliphatic hydroxyl groups is 6. The third-order valence-corrected chi connectivity index (χ3v) is 19.1. The van der Waals surface area contributed by atoms with Crippen LogP contribution in [0.25, 0.3) is 0 Å². The first-order valence-corrected chi connectivity index (χ1v) is 30.1. The van der Waals surface area contributed by atoms with Crippen LogP contribution in [0.5, 0.6) is 34.5 Å². The van der Waals surface area contributed by atoms with E-state index in [9.17, 15) is 79.8 Å². The molecule has 0 unspecified atom stereocenters. The molecular formula is C64H74N2O26. The molecule has 4 aromatic carbocycles. The van der Waals surface area contributed by atoms with Crippen molar-refractivity contribution in [1.29, 1.82) is 0 Å². The molecule has 28 heteroatoms. The van der Waals surface area contributed by atoms with Crippen LogP contribution < -0.4 is 9.47 Å². The number of hydrogen-bond donors (Lipinski definition) is 10. The minimum Gasteiger partial charge on any atom is -0.507 e. The minimum atomic E-state index is -2.26. The maximum Gasteiger partial charge on any atom is 0.202 e. The van der Waals surface area contributed by atoms with E-state index in [0.29, 0.717) is 39.4 Å². The number of carbonyl (C=O) groups is 6. The van der Waals surface area contributed by atoms with Crippen LogP contribution in [0.4, 0.5) is 0 Å². The fourth-order valence-electron chi connectivity index (χ4n) is 14.3. The Labute approximate surface area is 526 Å². The number of rotatable bonds is 14. The molecule has 0 radical (unpaired) electrons. The number of fused-ring (bicyclic) bond motifs is 6. The number of methoxy groups -OCH3 is 4. The summed E-state index contributed by atoms with van der Waals surface area (Å²) in [5.74, 6) is -7.50. The van der Waals surface area contributed by atoms with E-state index in [1.807, 2.05) is 9.80 Å². The van der Waals surface area contributed by atoms with Gasteiger partial charge in [-0.25, -0.2) is 0 Å². The monoisotopic (exact) mass is 1290 g/mol. The number of aromatic hydroxyl groups is 4. The summed E-state index contributed by atoms with van der Waals surface area (Å²) in [6.45, 7) is 3.76. The summed E-state index contributed by atoms with van der Waals surface area (Å²) in [4.78, 5) is 84.8. The van der Waals surface area contributed by atoms with Crippen molar-refractivity contribution < 1.29 is 127 Å². The average molecular weight is 1290 g/mol. The van der Waals surface area contributed by atoms with Crippen molar-refractivity contribution in [3.05, 3.63) is 103 Å². The van der Waals surface area contributed by atoms with Crippen LogP contribution in [0.15, 0.2) is 36.4 Å². The van der Waals surface area contributed by atoms with Gasteiger partial charge in [0.2, 0.25) is 11.6 Å². The van der Waals surface area contributed by atoms with Crippen molar-refractivity contribution >= 4 is 34.7 Å². The normalized spacial score (nSPS) is 31.2. The van der Waals surface area contributed by atoms with Crippen molar-refractivity contribution in [2.24, 2.45) is 0 Å². The van der Waals surface area contributed by atoms with Crippen LogP contribution in [-0.4, -0.2) is 249 Å². The predicted molar refractivity (Wildman–Crippen MR) is 312 cm³/mol. The van der Waals surface area contributed by atoms with Gasteiger partial charge in [0.15, 0.2) is 48.3 Å². The van der Waals surface area contributed by atoms with Crippen molar-refractivity contribution in [3.63, 3.8) is 0 Å². The van der Waals surface area contributed by atoms with Crippen LogP contribution in [0, 0.1) is 0 Å². The lowest BCUT2D eigenvalue weighted by molar-refractivity contribution is -0.266. The van der Waals surface area contributed by atoms with E-state index in [-0.39, 0.29) is 68.8 Å². The van der Waals surface area contributed by atoms with E-state index in [1.54, 1.807) is 13.8 Å². The quantitative estimate of drug-likeness (QED) is 0.0671. The maximum atomic E-state index is 13.9. The Morgan fingerprint density at radius 3 is 1.26 bits per heavy atom. The number of carbonyl (C=O) groups excluding carboxylic acids is 6. The van der Waals surface area contributed by atoms with E-state index in [2.05, 4.69) is 0 Å². The number of phenolic OH excluding ortho intramolecular Hbond substituents is 4. The molecule has 4 aliphatic carbocycles. The Bertz CT molecular complexity index is 3380. The molecule has 10 N–H and O–H groups in total. The molecule has 0 saturated carbocycles. The lowest BCUT2D eigenvalue weighted by Gasteiger charge is -2.47. The smallest absolute Gasteiger partial charge is 0.202 e. The van der Waals surface area contributed by atoms with E-state index in [0.717, 1.165) is 0 Å². The number of Topliss-reactive ketones (excluding diaryl/α,β-unsaturated/α-hetero) is 2.